The Morgan fingerprint density at radius 1 is 1.30 bits per heavy atom. The van der Waals surface area contributed by atoms with Crippen LogP contribution < -0.4 is 5.43 Å². The van der Waals surface area contributed by atoms with Gasteiger partial charge in [-0.05, 0) is 25.1 Å². The SMILES string of the molecule is Cc1nc(C(=O)N/N=C/C=C/c2ccc([N+](=O)[O-])o2)c(O)c2ccccc12. The Morgan fingerprint density at radius 2 is 2.04 bits per heavy atom. The van der Waals surface area contributed by atoms with Crippen molar-refractivity contribution in [2.75, 3.05) is 0 Å². The first kappa shape index (κ1) is 17.8. The fraction of sp³-hybridized carbons (Fsp3) is 0.0556. The summed E-state index contributed by atoms with van der Waals surface area (Å²) in [6, 6.07) is 9.74. The number of furan rings is 1. The molecule has 0 aliphatic carbocycles. The van der Waals surface area contributed by atoms with E-state index in [-0.39, 0.29) is 23.1 Å². The van der Waals surface area contributed by atoms with Crippen molar-refractivity contribution in [3.05, 3.63) is 69.7 Å². The van der Waals surface area contributed by atoms with Gasteiger partial charge in [0.2, 0.25) is 0 Å². The number of rotatable bonds is 5. The van der Waals surface area contributed by atoms with Gasteiger partial charge in [-0.2, -0.15) is 5.10 Å². The second-order valence-corrected chi connectivity index (χ2v) is 5.45. The summed E-state index contributed by atoms with van der Waals surface area (Å²) in [5.41, 5.74) is 2.74. The van der Waals surface area contributed by atoms with Gasteiger partial charge in [0.25, 0.3) is 5.91 Å². The molecule has 0 radical (unpaired) electrons. The van der Waals surface area contributed by atoms with Crippen LogP contribution in [-0.4, -0.2) is 27.1 Å². The molecule has 2 N–H and O–H groups in total. The minimum Gasteiger partial charge on any atom is -0.505 e. The summed E-state index contributed by atoms with van der Waals surface area (Å²) in [7, 11) is 0. The molecule has 0 fully saturated rings. The number of nitro groups is 1. The molecule has 9 nitrogen and oxygen atoms in total. The molecular weight excluding hydrogens is 352 g/mol. The molecule has 2 heterocycles. The molecule has 3 aromatic rings. The third kappa shape index (κ3) is 3.82. The van der Waals surface area contributed by atoms with Gasteiger partial charge in [0.1, 0.15) is 10.7 Å². The number of aromatic hydroxyl groups is 1. The van der Waals surface area contributed by atoms with E-state index in [4.69, 9.17) is 4.42 Å². The summed E-state index contributed by atoms with van der Waals surface area (Å²) in [5, 5.41) is 25.8. The number of hydrazone groups is 1. The molecule has 0 unspecified atom stereocenters. The lowest BCUT2D eigenvalue weighted by Crippen LogP contribution is -2.19. The fourth-order valence-electron chi connectivity index (χ4n) is 2.43. The van der Waals surface area contributed by atoms with Crippen LogP contribution in [0.3, 0.4) is 0 Å². The Morgan fingerprint density at radius 3 is 2.74 bits per heavy atom. The number of aryl methyl sites for hydroxylation is 1. The molecule has 0 saturated carbocycles. The van der Waals surface area contributed by atoms with Crippen LogP contribution in [0.15, 0.2) is 52.0 Å². The average Bonchev–Trinajstić information content (AvgIpc) is 3.13. The van der Waals surface area contributed by atoms with Crippen molar-refractivity contribution in [1.29, 1.82) is 0 Å². The topological polar surface area (TPSA) is 131 Å². The van der Waals surface area contributed by atoms with Gasteiger partial charge < -0.3 is 9.52 Å². The standard InChI is InChI=1S/C18H14N4O5/c1-11-13-6-2-3-7-14(13)17(23)16(20-11)18(24)21-19-10-4-5-12-8-9-15(27-12)22(25)26/h2-10,23H,1H3,(H,21,24)/b5-4+,19-10+. The summed E-state index contributed by atoms with van der Waals surface area (Å²) in [4.78, 5) is 26.2. The Kier molecular flexibility index (Phi) is 4.93. The molecule has 1 amide bonds. The molecule has 27 heavy (non-hydrogen) atoms. The van der Waals surface area contributed by atoms with Crippen LogP contribution in [0.5, 0.6) is 5.75 Å². The fourth-order valence-corrected chi connectivity index (χ4v) is 2.43. The lowest BCUT2D eigenvalue weighted by Gasteiger charge is -2.08. The van der Waals surface area contributed by atoms with E-state index in [0.29, 0.717) is 11.1 Å². The lowest BCUT2D eigenvalue weighted by molar-refractivity contribution is -0.402. The molecule has 0 saturated heterocycles. The third-order valence-corrected chi connectivity index (χ3v) is 3.67. The van der Waals surface area contributed by atoms with Gasteiger partial charge in [-0.25, -0.2) is 10.4 Å². The maximum absolute atomic E-state index is 12.2. The largest absolute Gasteiger partial charge is 0.505 e. The Bertz CT molecular complexity index is 1080. The number of hydrogen-bond acceptors (Lipinski definition) is 7. The number of carbonyl (C=O) groups is 1. The van der Waals surface area contributed by atoms with Gasteiger partial charge >= 0.3 is 5.88 Å². The summed E-state index contributed by atoms with van der Waals surface area (Å²) in [5.74, 6) is -0.987. The molecule has 1 aromatic carbocycles. The summed E-state index contributed by atoms with van der Waals surface area (Å²) >= 11 is 0. The van der Waals surface area contributed by atoms with E-state index >= 15 is 0 Å². The van der Waals surface area contributed by atoms with Crippen molar-refractivity contribution >= 4 is 34.9 Å². The molecule has 0 aliphatic rings. The highest BCUT2D eigenvalue weighted by molar-refractivity contribution is 6.02. The number of allylic oxidation sites excluding steroid dienone is 1. The second-order valence-electron chi connectivity index (χ2n) is 5.45. The summed E-state index contributed by atoms with van der Waals surface area (Å²) in [6.45, 7) is 1.74. The maximum atomic E-state index is 12.2. The van der Waals surface area contributed by atoms with Crippen molar-refractivity contribution in [1.82, 2.24) is 10.4 Å². The Hall–Kier alpha value is -4.01. The summed E-state index contributed by atoms with van der Waals surface area (Å²) in [6.07, 6.45) is 4.14. The zero-order valence-corrected chi connectivity index (χ0v) is 14.1. The first-order valence-electron chi connectivity index (χ1n) is 7.80. The highest BCUT2D eigenvalue weighted by Gasteiger charge is 2.17. The van der Waals surface area contributed by atoms with Crippen molar-refractivity contribution in [3.8, 4) is 5.75 Å². The number of amides is 1. The van der Waals surface area contributed by atoms with E-state index in [9.17, 15) is 20.0 Å². The highest BCUT2D eigenvalue weighted by atomic mass is 16.6. The highest BCUT2D eigenvalue weighted by Crippen LogP contribution is 2.28. The quantitative estimate of drug-likeness (QED) is 0.405. The first-order valence-corrected chi connectivity index (χ1v) is 7.80. The predicted molar refractivity (Wildman–Crippen MR) is 98.5 cm³/mol. The summed E-state index contributed by atoms with van der Waals surface area (Å²) < 4.78 is 4.93. The third-order valence-electron chi connectivity index (χ3n) is 3.67. The molecule has 0 spiro atoms. The molecule has 136 valence electrons. The van der Waals surface area contributed by atoms with E-state index in [2.05, 4.69) is 15.5 Å². The maximum Gasteiger partial charge on any atom is 0.433 e. The number of fused-ring (bicyclic) bond motifs is 1. The monoisotopic (exact) mass is 366 g/mol. The molecule has 0 bridgehead atoms. The average molecular weight is 366 g/mol. The molecule has 2 aromatic heterocycles. The van der Waals surface area contributed by atoms with Crippen LogP contribution in [-0.2, 0) is 0 Å². The number of hydrogen-bond donors (Lipinski definition) is 2. The van der Waals surface area contributed by atoms with Crippen LogP contribution in [0.2, 0.25) is 0 Å². The minimum absolute atomic E-state index is 0.131. The van der Waals surface area contributed by atoms with E-state index < -0.39 is 10.8 Å². The van der Waals surface area contributed by atoms with Gasteiger partial charge in [0, 0.05) is 22.7 Å². The Balaban J connectivity index is 1.69. The lowest BCUT2D eigenvalue weighted by atomic mass is 10.1. The van der Waals surface area contributed by atoms with Crippen LogP contribution in [0.4, 0.5) is 5.88 Å². The van der Waals surface area contributed by atoms with Crippen LogP contribution in [0.25, 0.3) is 16.8 Å². The van der Waals surface area contributed by atoms with E-state index in [1.807, 2.05) is 6.07 Å². The van der Waals surface area contributed by atoms with E-state index in [1.54, 1.807) is 25.1 Å². The van der Waals surface area contributed by atoms with Crippen molar-refractivity contribution in [2.45, 2.75) is 6.92 Å². The van der Waals surface area contributed by atoms with E-state index in [0.717, 1.165) is 5.39 Å². The minimum atomic E-state index is -0.667. The number of pyridine rings is 1. The number of carbonyl (C=O) groups excluding carboxylic acids is 1. The van der Waals surface area contributed by atoms with Gasteiger partial charge in [-0.1, -0.05) is 24.3 Å². The molecular formula is C18H14N4O5. The van der Waals surface area contributed by atoms with Gasteiger partial charge in [0.15, 0.2) is 11.4 Å². The van der Waals surface area contributed by atoms with Crippen molar-refractivity contribution in [3.63, 3.8) is 0 Å². The second kappa shape index (κ2) is 7.48. The molecule has 0 aliphatic heterocycles. The normalized spacial score (nSPS) is 11.4. The van der Waals surface area contributed by atoms with Crippen LogP contribution >= 0.6 is 0 Å². The Labute approximate surface area is 152 Å². The number of benzene rings is 1. The molecule has 9 heteroatoms. The zero-order chi connectivity index (χ0) is 19.4. The van der Waals surface area contributed by atoms with Crippen LogP contribution in [0.1, 0.15) is 21.9 Å². The number of nitrogens with zero attached hydrogens (tertiary/aromatic N) is 3. The predicted octanol–water partition coefficient (Wildman–Crippen LogP) is 3.18. The zero-order valence-electron chi connectivity index (χ0n) is 14.1. The van der Waals surface area contributed by atoms with Gasteiger partial charge in [-0.15, -0.1) is 0 Å². The van der Waals surface area contributed by atoms with Gasteiger partial charge in [-0.3, -0.25) is 14.9 Å². The van der Waals surface area contributed by atoms with Crippen LogP contribution in [0, 0.1) is 17.0 Å². The van der Waals surface area contributed by atoms with Crippen molar-refractivity contribution < 1.29 is 19.2 Å². The van der Waals surface area contributed by atoms with Gasteiger partial charge in [0.05, 0.1) is 6.07 Å². The smallest absolute Gasteiger partial charge is 0.433 e. The molecule has 0 atom stereocenters. The number of aromatic nitrogens is 1. The number of nitrogens with one attached hydrogen (secondary N) is 1. The first-order chi connectivity index (χ1) is 13.0. The van der Waals surface area contributed by atoms with Crippen molar-refractivity contribution in [2.24, 2.45) is 5.10 Å². The molecule has 3 rings (SSSR count). The van der Waals surface area contributed by atoms with E-state index in [1.165, 1.54) is 30.5 Å².